The fourth-order valence-corrected chi connectivity index (χ4v) is 1.99. The van der Waals surface area contributed by atoms with Gasteiger partial charge in [-0.05, 0) is 0 Å². The van der Waals surface area contributed by atoms with Crippen LogP contribution in [0.1, 0.15) is 16.9 Å². The highest BCUT2D eigenvalue weighted by Gasteiger charge is 2.43. The number of aliphatic hydroxyl groups is 2. The van der Waals surface area contributed by atoms with Crippen LogP contribution in [0.4, 0.5) is 0 Å². The highest BCUT2D eigenvalue weighted by atomic mass is 16.6. The first-order chi connectivity index (χ1) is 9.99. The van der Waals surface area contributed by atoms with Crippen molar-refractivity contribution in [2.24, 2.45) is 0 Å². The van der Waals surface area contributed by atoms with E-state index in [4.69, 9.17) is 4.74 Å². The predicted octanol–water partition coefficient (Wildman–Crippen LogP) is -1.68. The predicted molar refractivity (Wildman–Crippen MR) is 66.7 cm³/mol. The summed E-state index contributed by atoms with van der Waals surface area (Å²) < 4.78 is 5.02. The molecular formula is C11H14N4O6. The molecule has 3 N–H and O–H groups in total. The fraction of sp³-hybridized carbons (Fsp3) is 0.545. The second kappa shape index (κ2) is 6.52. The smallest absolute Gasteiger partial charge is 0.271 e. The highest BCUT2D eigenvalue weighted by Crippen LogP contribution is 2.20. The van der Waals surface area contributed by atoms with Crippen LogP contribution in [0.15, 0.2) is 18.6 Å². The molecule has 0 radical (unpaired) electrons. The van der Waals surface area contributed by atoms with Crippen molar-refractivity contribution < 1.29 is 24.7 Å². The third-order valence-electron chi connectivity index (χ3n) is 3.08. The Labute approximate surface area is 118 Å². The lowest BCUT2D eigenvalue weighted by Crippen LogP contribution is -2.53. The lowest BCUT2D eigenvalue weighted by molar-refractivity contribution is -0.550. The Bertz CT molecular complexity index is 513. The number of amides is 1. The lowest BCUT2D eigenvalue weighted by atomic mass is 10.00. The molecule has 0 aromatic carbocycles. The van der Waals surface area contributed by atoms with E-state index in [2.05, 4.69) is 15.3 Å². The van der Waals surface area contributed by atoms with E-state index in [1.54, 1.807) is 0 Å². The van der Waals surface area contributed by atoms with Gasteiger partial charge in [-0.1, -0.05) is 0 Å². The Morgan fingerprint density at radius 2 is 2.29 bits per heavy atom. The third kappa shape index (κ3) is 3.68. The molecule has 4 atom stereocenters. The third-order valence-corrected chi connectivity index (χ3v) is 3.08. The Kier molecular flexibility index (Phi) is 4.73. The largest absolute Gasteiger partial charge is 0.381 e. The molecule has 0 saturated carbocycles. The number of nitrogens with zero attached hydrogens (tertiary/aromatic N) is 3. The topological polar surface area (TPSA) is 148 Å². The van der Waals surface area contributed by atoms with E-state index in [1.807, 2.05) is 0 Å². The molecule has 114 valence electrons. The second-order valence-corrected chi connectivity index (χ2v) is 4.53. The molecular weight excluding hydrogens is 284 g/mol. The Hall–Kier alpha value is -2.17. The maximum Gasteiger partial charge on any atom is 0.271 e. The number of hydrogen-bond donors (Lipinski definition) is 3. The number of ether oxygens (including phenoxy) is 1. The average Bonchev–Trinajstić information content (AvgIpc) is 2.48. The van der Waals surface area contributed by atoms with Gasteiger partial charge in [0.05, 0.1) is 12.3 Å². The molecule has 1 aromatic rings. The molecule has 1 saturated heterocycles. The molecule has 1 amide bonds. The molecule has 21 heavy (non-hydrogen) atoms. The Morgan fingerprint density at radius 1 is 1.52 bits per heavy atom. The summed E-state index contributed by atoms with van der Waals surface area (Å²) in [6.45, 7) is -0.0521. The van der Waals surface area contributed by atoms with Crippen LogP contribution in [0.5, 0.6) is 0 Å². The van der Waals surface area contributed by atoms with E-state index < -0.39 is 35.4 Å². The number of hydrogen-bond acceptors (Lipinski definition) is 8. The van der Waals surface area contributed by atoms with Gasteiger partial charge in [-0.25, -0.2) is 4.98 Å². The molecule has 1 aliphatic rings. The Balaban J connectivity index is 1.91. The second-order valence-electron chi connectivity index (χ2n) is 4.53. The molecule has 10 nitrogen and oxygen atoms in total. The minimum Gasteiger partial charge on any atom is -0.381 e. The van der Waals surface area contributed by atoms with Crippen LogP contribution >= 0.6 is 0 Å². The van der Waals surface area contributed by atoms with Gasteiger partial charge in [0.25, 0.3) is 5.91 Å². The number of carbonyl (C=O) groups excluding carboxylic acids is 1. The van der Waals surface area contributed by atoms with Gasteiger partial charge in [0.1, 0.15) is 5.69 Å². The van der Waals surface area contributed by atoms with Crippen molar-refractivity contribution in [3.05, 3.63) is 34.4 Å². The SMILES string of the molecule is O=C(NCC1CC([N+](=O)[O-])C(O)[C@H](O)O1)c1cnccn1. The van der Waals surface area contributed by atoms with Gasteiger partial charge in [-0.2, -0.15) is 0 Å². The van der Waals surface area contributed by atoms with Crippen LogP contribution in [-0.4, -0.2) is 62.1 Å². The monoisotopic (exact) mass is 298 g/mol. The summed E-state index contributed by atoms with van der Waals surface area (Å²) in [4.78, 5) is 29.4. The van der Waals surface area contributed by atoms with Crippen LogP contribution in [0.25, 0.3) is 0 Å². The van der Waals surface area contributed by atoms with E-state index >= 15 is 0 Å². The minimum atomic E-state index is -1.66. The van der Waals surface area contributed by atoms with Crippen molar-refractivity contribution in [2.75, 3.05) is 6.54 Å². The van der Waals surface area contributed by atoms with Crippen molar-refractivity contribution in [1.82, 2.24) is 15.3 Å². The summed E-state index contributed by atoms with van der Waals surface area (Å²) in [5, 5.41) is 32.2. The standard InChI is InChI=1S/C11H14N4O6/c16-9-8(15(19)20)3-6(21-11(9)18)4-14-10(17)7-5-12-1-2-13-7/h1-2,5-6,8-9,11,16,18H,3-4H2,(H,14,17)/t6?,8?,9?,11-/m1/s1. The number of nitro groups is 1. The highest BCUT2D eigenvalue weighted by molar-refractivity contribution is 5.91. The van der Waals surface area contributed by atoms with E-state index in [9.17, 15) is 25.1 Å². The normalized spacial score (nSPS) is 28.9. The van der Waals surface area contributed by atoms with E-state index in [1.165, 1.54) is 18.6 Å². The van der Waals surface area contributed by atoms with Crippen LogP contribution in [-0.2, 0) is 4.74 Å². The summed E-state index contributed by atoms with van der Waals surface area (Å²) >= 11 is 0. The van der Waals surface area contributed by atoms with Crippen LogP contribution < -0.4 is 5.32 Å². The summed E-state index contributed by atoms with van der Waals surface area (Å²) in [7, 11) is 0. The summed E-state index contributed by atoms with van der Waals surface area (Å²) in [6, 6.07) is -1.34. The number of nitrogens with one attached hydrogen (secondary N) is 1. The molecule has 1 fully saturated rings. The van der Waals surface area contributed by atoms with Crippen molar-refractivity contribution >= 4 is 5.91 Å². The molecule has 0 spiro atoms. The van der Waals surface area contributed by atoms with Gasteiger partial charge >= 0.3 is 0 Å². The summed E-state index contributed by atoms with van der Waals surface area (Å²) in [5.74, 6) is -0.509. The molecule has 1 aliphatic heterocycles. The first-order valence-electron chi connectivity index (χ1n) is 6.18. The average molecular weight is 298 g/mol. The number of rotatable bonds is 4. The zero-order valence-electron chi connectivity index (χ0n) is 10.8. The van der Waals surface area contributed by atoms with Gasteiger partial charge in [0, 0.05) is 30.3 Å². The quantitative estimate of drug-likeness (QED) is 0.441. The van der Waals surface area contributed by atoms with Gasteiger partial charge in [0.2, 0.25) is 6.04 Å². The van der Waals surface area contributed by atoms with E-state index in [0.717, 1.165) is 0 Å². The van der Waals surface area contributed by atoms with Gasteiger partial charge < -0.3 is 20.3 Å². The van der Waals surface area contributed by atoms with Crippen LogP contribution in [0.3, 0.4) is 0 Å². The fourth-order valence-electron chi connectivity index (χ4n) is 1.99. The molecule has 3 unspecified atom stereocenters. The number of aliphatic hydroxyl groups excluding tert-OH is 2. The maximum atomic E-state index is 11.7. The number of aromatic nitrogens is 2. The minimum absolute atomic E-state index is 0.0521. The lowest BCUT2D eigenvalue weighted by Gasteiger charge is -2.32. The molecule has 1 aromatic heterocycles. The Morgan fingerprint density at radius 3 is 2.90 bits per heavy atom. The van der Waals surface area contributed by atoms with Crippen molar-refractivity contribution in [3.63, 3.8) is 0 Å². The van der Waals surface area contributed by atoms with Crippen molar-refractivity contribution in [2.45, 2.75) is 31.0 Å². The van der Waals surface area contributed by atoms with E-state index in [0.29, 0.717) is 0 Å². The first-order valence-corrected chi connectivity index (χ1v) is 6.18. The number of carbonyl (C=O) groups is 1. The van der Waals surface area contributed by atoms with Gasteiger partial charge in [-0.15, -0.1) is 0 Å². The summed E-state index contributed by atoms with van der Waals surface area (Å²) in [6.07, 6.45) is -0.101. The van der Waals surface area contributed by atoms with Gasteiger partial charge in [0.15, 0.2) is 12.4 Å². The van der Waals surface area contributed by atoms with Crippen molar-refractivity contribution in [1.29, 1.82) is 0 Å². The van der Waals surface area contributed by atoms with E-state index in [-0.39, 0.29) is 18.7 Å². The van der Waals surface area contributed by atoms with Crippen LogP contribution in [0, 0.1) is 10.1 Å². The molecule has 0 aliphatic carbocycles. The maximum absolute atomic E-state index is 11.7. The molecule has 10 heteroatoms. The zero-order chi connectivity index (χ0) is 15.4. The van der Waals surface area contributed by atoms with Crippen LogP contribution in [0.2, 0.25) is 0 Å². The van der Waals surface area contributed by atoms with Crippen molar-refractivity contribution in [3.8, 4) is 0 Å². The van der Waals surface area contributed by atoms with Gasteiger partial charge in [-0.3, -0.25) is 19.9 Å². The first kappa shape index (κ1) is 15.2. The zero-order valence-corrected chi connectivity index (χ0v) is 10.8. The molecule has 0 bridgehead atoms. The molecule has 2 heterocycles. The summed E-state index contributed by atoms with van der Waals surface area (Å²) in [5.41, 5.74) is 0.0970. The molecule has 2 rings (SSSR count).